The lowest BCUT2D eigenvalue weighted by Crippen LogP contribution is -2.42. The van der Waals surface area contributed by atoms with E-state index in [-0.39, 0.29) is 23.5 Å². The van der Waals surface area contributed by atoms with Crippen molar-refractivity contribution in [3.63, 3.8) is 0 Å². The lowest BCUT2D eigenvalue weighted by molar-refractivity contribution is -0.125. The number of methoxy groups -OCH3 is 1. The van der Waals surface area contributed by atoms with Gasteiger partial charge in [-0.1, -0.05) is 0 Å². The van der Waals surface area contributed by atoms with Crippen LogP contribution in [0.5, 0.6) is 5.75 Å². The third kappa shape index (κ3) is 4.79. The van der Waals surface area contributed by atoms with E-state index in [4.69, 9.17) is 4.74 Å². The van der Waals surface area contributed by atoms with Gasteiger partial charge in [-0.15, -0.1) is 0 Å². The highest BCUT2D eigenvalue weighted by Crippen LogP contribution is 2.30. The molecule has 0 bridgehead atoms. The summed E-state index contributed by atoms with van der Waals surface area (Å²) >= 11 is 0. The molecule has 0 spiro atoms. The summed E-state index contributed by atoms with van der Waals surface area (Å²) < 4.78 is 21.2. The first-order valence-electron chi connectivity index (χ1n) is 12.6. The molecule has 196 valence electrons. The molecule has 2 aromatic heterocycles. The summed E-state index contributed by atoms with van der Waals surface area (Å²) in [6.07, 6.45) is 4.93. The van der Waals surface area contributed by atoms with Crippen LogP contribution >= 0.6 is 0 Å². The molecule has 0 radical (unpaired) electrons. The maximum Gasteiger partial charge on any atom is 0.254 e. The fourth-order valence-corrected chi connectivity index (χ4v) is 5.00. The third-order valence-electron chi connectivity index (χ3n) is 7.12. The second-order valence-electron chi connectivity index (χ2n) is 9.44. The minimum Gasteiger partial charge on any atom is -0.494 e. The number of piperidine rings is 1. The number of hydrogen-bond acceptors (Lipinski definition) is 5. The molecule has 1 fully saturated rings. The van der Waals surface area contributed by atoms with Gasteiger partial charge in [-0.3, -0.25) is 14.0 Å². The van der Waals surface area contributed by atoms with Crippen molar-refractivity contribution in [2.75, 3.05) is 32.6 Å². The number of aromatic nitrogens is 2. The second kappa shape index (κ2) is 10.5. The first-order valence-corrected chi connectivity index (χ1v) is 12.6. The van der Waals surface area contributed by atoms with Crippen molar-refractivity contribution in [3.05, 3.63) is 77.9 Å². The number of hydrogen-bond donors (Lipinski definition) is 2. The molecular weight excluding hydrogens is 485 g/mol. The molecule has 1 aliphatic heterocycles. The number of aryl methyl sites for hydroxylation is 1. The molecule has 5 rings (SSSR count). The van der Waals surface area contributed by atoms with Gasteiger partial charge in [0.1, 0.15) is 0 Å². The number of halogens is 1. The number of imidazole rings is 1. The molecule has 3 heterocycles. The molecular formula is C29H30FN5O3. The van der Waals surface area contributed by atoms with Gasteiger partial charge in [0.15, 0.2) is 17.2 Å². The summed E-state index contributed by atoms with van der Waals surface area (Å²) in [5.41, 5.74) is 5.24. The Balaban J connectivity index is 1.34. The fraction of sp³-hybridized carbons (Fsp3) is 0.276. The highest BCUT2D eigenvalue weighted by Gasteiger charge is 2.27. The highest BCUT2D eigenvalue weighted by molar-refractivity contribution is 5.96. The first-order chi connectivity index (χ1) is 18.4. The lowest BCUT2D eigenvalue weighted by Gasteiger charge is -2.31. The number of carbonyl (C=O) groups is 2. The van der Waals surface area contributed by atoms with E-state index in [1.165, 1.54) is 13.2 Å². The van der Waals surface area contributed by atoms with E-state index >= 15 is 0 Å². The molecule has 1 saturated heterocycles. The lowest BCUT2D eigenvalue weighted by atomic mass is 9.95. The van der Waals surface area contributed by atoms with Crippen LogP contribution in [0.4, 0.5) is 15.8 Å². The Labute approximate surface area is 220 Å². The van der Waals surface area contributed by atoms with Gasteiger partial charge in [-0.05, 0) is 73.9 Å². The Kier molecular flexibility index (Phi) is 7.00. The van der Waals surface area contributed by atoms with E-state index in [0.29, 0.717) is 42.7 Å². The molecule has 8 nitrogen and oxygen atoms in total. The average Bonchev–Trinajstić information content (AvgIpc) is 3.38. The van der Waals surface area contributed by atoms with E-state index in [2.05, 4.69) is 15.6 Å². The Hall–Kier alpha value is -4.40. The van der Waals surface area contributed by atoms with Crippen molar-refractivity contribution >= 4 is 28.8 Å². The summed E-state index contributed by atoms with van der Waals surface area (Å²) in [6.45, 7) is 3.06. The van der Waals surface area contributed by atoms with Crippen LogP contribution in [0, 0.1) is 18.7 Å². The largest absolute Gasteiger partial charge is 0.494 e. The van der Waals surface area contributed by atoms with Crippen LogP contribution in [-0.4, -0.2) is 53.3 Å². The molecule has 0 atom stereocenters. The normalized spacial score (nSPS) is 13.9. The van der Waals surface area contributed by atoms with Crippen LogP contribution in [0.25, 0.3) is 16.9 Å². The van der Waals surface area contributed by atoms with Gasteiger partial charge < -0.3 is 20.3 Å². The van der Waals surface area contributed by atoms with Crippen LogP contribution in [-0.2, 0) is 4.79 Å². The number of fused-ring (bicyclic) bond motifs is 1. The molecule has 2 N–H and O–H groups in total. The first kappa shape index (κ1) is 25.3. The molecule has 0 saturated carbocycles. The van der Waals surface area contributed by atoms with Crippen LogP contribution in [0.1, 0.15) is 28.8 Å². The van der Waals surface area contributed by atoms with E-state index in [0.717, 1.165) is 22.6 Å². The molecule has 0 unspecified atom stereocenters. The number of amides is 2. The van der Waals surface area contributed by atoms with Gasteiger partial charge in [0.25, 0.3) is 5.91 Å². The molecule has 2 aromatic carbocycles. The van der Waals surface area contributed by atoms with Crippen molar-refractivity contribution in [3.8, 4) is 17.0 Å². The van der Waals surface area contributed by atoms with Gasteiger partial charge in [0, 0.05) is 49.1 Å². The minimum atomic E-state index is -0.435. The smallest absolute Gasteiger partial charge is 0.254 e. The second-order valence-corrected chi connectivity index (χ2v) is 9.44. The summed E-state index contributed by atoms with van der Waals surface area (Å²) in [4.78, 5) is 31.5. The standard InChI is InChI=1S/C29H30FN5O3/c1-18-15-21(7-8-22(18)29(37)34-13-10-19(11-14-34)28(36)31-2)33-24-5-4-12-35-25(17-32-27(24)35)20-6-9-26(38-3)23(30)16-20/h4-9,12,15-17,19,33H,10-11,13-14H2,1-3H3,(H,31,36). The number of rotatable bonds is 6. The Morgan fingerprint density at radius 1 is 1.11 bits per heavy atom. The zero-order valence-electron chi connectivity index (χ0n) is 21.6. The number of pyridine rings is 1. The van der Waals surface area contributed by atoms with Crippen LogP contribution < -0.4 is 15.4 Å². The van der Waals surface area contributed by atoms with Crippen molar-refractivity contribution in [2.45, 2.75) is 19.8 Å². The van der Waals surface area contributed by atoms with Crippen molar-refractivity contribution in [1.29, 1.82) is 0 Å². The number of nitrogens with zero attached hydrogens (tertiary/aromatic N) is 3. The van der Waals surface area contributed by atoms with E-state index < -0.39 is 5.82 Å². The molecule has 38 heavy (non-hydrogen) atoms. The molecule has 2 amide bonds. The maximum atomic E-state index is 14.3. The highest BCUT2D eigenvalue weighted by atomic mass is 19.1. The van der Waals surface area contributed by atoms with Crippen LogP contribution in [0.2, 0.25) is 0 Å². The van der Waals surface area contributed by atoms with E-state index in [1.807, 2.05) is 52.8 Å². The van der Waals surface area contributed by atoms with E-state index in [1.54, 1.807) is 25.4 Å². The molecule has 4 aromatic rings. The average molecular weight is 516 g/mol. The summed E-state index contributed by atoms with van der Waals surface area (Å²) in [5, 5.41) is 6.10. The number of benzene rings is 2. The zero-order chi connectivity index (χ0) is 26.8. The van der Waals surface area contributed by atoms with Crippen molar-refractivity contribution in [2.24, 2.45) is 5.92 Å². The molecule has 1 aliphatic rings. The van der Waals surface area contributed by atoms with Gasteiger partial charge in [-0.2, -0.15) is 0 Å². The number of ether oxygens (including phenoxy) is 1. The predicted molar refractivity (Wildman–Crippen MR) is 144 cm³/mol. The van der Waals surface area contributed by atoms with Gasteiger partial charge in [-0.25, -0.2) is 9.37 Å². The van der Waals surface area contributed by atoms with E-state index in [9.17, 15) is 14.0 Å². The van der Waals surface area contributed by atoms with Crippen molar-refractivity contribution < 1.29 is 18.7 Å². The monoisotopic (exact) mass is 515 g/mol. The van der Waals surface area contributed by atoms with Gasteiger partial charge in [0.05, 0.1) is 24.7 Å². The number of carbonyl (C=O) groups excluding carboxylic acids is 2. The Bertz CT molecular complexity index is 1510. The molecule has 0 aliphatic carbocycles. The summed E-state index contributed by atoms with van der Waals surface area (Å²) in [6, 6.07) is 14.3. The Morgan fingerprint density at radius 2 is 1.89 bits per heavy atom. The van der Waals surface area contributed by atoms with Crippen molar-refractivity contribution in [1.82, 2.24) is 19.6 Å². The quantitative estimate of drug-likeness (QED) is 0.385. The summed E-state index contributed by atoms with van der Waals surface area (Å²) in [7, 11) is 3.08. The third-order valence-corrected chi connectivity index (χ3v) is 7.12. The Morgan fingerprint density at radius 3 is 2.58 bits per heavy atom. The van der Waals surface area contributed by atoms with Crippen LogP contribution in [0.15, 0.2) is 60.9 Å². The topological polar surface area (TPSA) is 88.0 Å². The zero-order valence-corrected chi connectivity index (χ0v) is 21.6. The maximum absolute atomic E-state index is 14.3. The number of anilines is 2. The predicted octanol–water partition coefficient (Wildman–Crippen LogP) is 4.80. The number of nitrogens with one attached hydrogen (secondary N) is 2. The van der Waals surface area contributed by atoms with Gasteiger partial charge >= 0.3 is 0 Å². The minimum absolute atomic E-state index is 0.0175. The molecule has 9 heteroatoms. The number of likely N-dealkylation sites (tertiary alicyclic amines) is 1. The van der Waals surface area contributed by atoms with Gasteiger partial charge in [0.2, 0.25) is 5.91 Å². The summed E-state index contributed by atoms with van der Waals surface area (Å²) in [5.74, 6) is -0.257. The fourth-order valence-electron chi connectivity index (χ4n) is 5.00. The SMILES string of the molecule is CNC(=O)C1CCN(C(=O)c2ccc(Nc3cccn4c(-c5ccc(OC)c(F)c5)cnc34)cc2C)CC1. The van der Waals surface area contributed by atoms with Crippen LogP contribution in [0.3, 0.4) is 0 Å².